The molecule has 48 heavy (non-hydrogen) atoms. The monoisotopic (exact) mass is 662 g/mol. The van der Waals surface area contributed by atoms with Gasteiger partial charge in [-0.1, -0.05) is 24.3 Å². The number of aromatic nitrogens is 2. The number of esters is 2. The maximum Gasteiger partial charge on any atom is 0.335 e. The lowest BCUT2D eigenvalue weighted by Gasteiger charge is -2.15. The minimum atomic E-state index is -0.560. The van der Waals surface area contributed by atoms with E-state index in [1.807, 2.05) is 111 Å². The zero-order chi connectivity index (χ0) is 34.4. The number of rotatable bonds is 20. The molecule has 0 N–H and O–H groups in total. The summed E-state index contributed by atoms with van der Waals surface area (Å²) < 4.78 is 36.7. The summed E-state index contributed by atoms with van der Waals surface area (Å²) in [4.78, 5) is 23.8. The Labute approximate surface area is 284 Å². The Morgan fingerprint density at radius 2 is 0.896 bits per heavy atom. The molecule has 0 saturated heterocycles. The molecule has 2 heterocycles. The normalized spacial score (nSPS) is 11.9. The molecule has 0 aliphatic carbocycles. The first-order valence-electron chi connectivity index (χ1n) is 16.7. The number of hydrogen-bond acceptors (Lipinski definition) is 8. The van der Waals surface area contributed by atoms with Crippen LogP contribution in [0.1, 0.15) is 38.8 Å². The van der Waals surface area contributed by atoms with Crippen molar-refractivity contribution < 1.29 is 38.0 Å². The van der Waals surface area contributed by atoms with Crippen LogP contribution in [0.15, 0.2) is 97.6 Å². The summed E-state index contributed by atoms with van der Waals surface area (Å²) in [7, 11) is 0. The van der Waals surface area contributed by atoms with E-state index in [1.54, 1.807) is 13.8 Å². The van der Waals surface area contributed by atoms with E-state index in [0.717, 1.165) is 35.7 Å². The Balaban J connectivity index is 0.000000260. The topological polar surface area (TPSA) is 99.4 Å². The summed E-state index contributed by atoms with van der Waals surface area (Å²) in [5.41, 5.74) is 2.03. The molecule has 4 rings (SSSR count). The first kappa shape index (κ1) is 37.9. The molecule has 0 aliphatic rings. The van der Waals surface area contributed by atoms with Crippen LogP contribution in [0.4, 0.5) is 0 Å². The molecular formula is C38H50N2O8. The molecule has 2 aromatic heterocycles. The van der Waals surface area contributed by atoms with Crippen LogP contribution in [0.5, 0.6) is 11.5 Å². The maximum absolute atomic E-state index is 11.9. The van der Waals surface area contributed by atoms with E-state index in [9.17, 15) is 9.59 Å². The van der Waals surface area contributed by atoms with Crippen LogP contribution in [0.25, 0.3) is 0 Å². The molecule has 0 aliphatic heterocycles. The molecule has 2 atom stereocenters. The fourth-order valence-corrected chi connectivity index (χ4v) is 4.74. The van der Waals surface area contributed by atoms with Gasteiger partial charge in [-0.05, 0) is 87.4 Å². The van der Waals surface area contributed by atoms with Gasteiger partial charge in [0.25, 0.3) is 0 Å². The molecule has 10 heteroatoms. The second kappa shape index (κ2) is 22.1. The Bertz CT molecular complexity index is 1290. The Kier molecular flexibility index (Phi) is 17.5. The van der Waals surface area contributed by atoms with E-state index >= 15 is 0 Å². The lowest BCUT2D eigenvalue weighted by molar-refractivity contribution is -0.157. The van der Waals surface area contributed by atoms with E-state index in [4.69, 9.17) is 28.4 Å². The van der Waals surface area contributed by atoms with Gasteiger partial charge in [-0.25, -0.2) is 9.59 Å². The van der Waals surface area contributed by atoms with Gasteiger partial charge in [-0.15, -0.1) is 0 Å². The summed E-state index contributed by atoms with van der Waals surface area (Å²) in [5, 5.41) is 0. The number of hydrogen-bond donors (Lipinski definition) is 0. The highest BCUT2D eigenvalue weighted by molar-refractivity contribution is 5.75. The van der Waals surface area contributed by atoms with Crippen molar-refractivity contribution in [2.75, 3.05) is 39.6 Å². The van der Waals surface area contributed by atoms with Gasteiger partial charge in [0.1, 0.15) is 24.7 Å². The Morgan fingerprint density at radius 1 is 0.542 bits per heavy atom. The fraction of sp³-hybridized carbons (Fsp3) is 0.421. The number of nitrogens with zero attached hydrogens (tertiary/aromatic N) is 2. The summed E-state index contributed by atoms with van der Waals surface area (Å²) in [5.74, 6) is 1.00. The smallest absolute Gasteiger partial charge is 0.335 e. The SMILES string of the molecule is CCOC(=O)C(Cc1ccc(OCCn2cccc2)cc1)OCC.CCOC(=O)C(Cc1ccc(OCCn2cccc2)cc1)OCC. The minimum Gasteiger partial charge on any atom is -0.492 e. The van der Waals surface area contributed by atoms with Crippen LogP contribution in [0.2, 0.25) is 0 Å². The van der Waals surface area contributed by atoms with Gasteiger partial charge in [-0.2, -0.15) is 0 Å². The van der Waals surface area contributed by atoms with Crippen LogP contribution in [0, 0.1) is 0 Å². The van der Waals surface area contributed by atoms with Crippen LogP contribution in [-0.4, -0.2) is 72.9 Å². The third-order valence-electron chi connectivity index (χ3n) is 7.09. The van der Waals surface area contributed by atoms with Crippen molar-refractivity contribution in [3.05, 3.63) is 109 Å². The molecule has 0 radical (unpaired) electrons. The molecule has 0 saturated carbocycles. The Morgan fingerprint density at radius 3 is 1.21 bits per heavy atom. The molecule has 2 unspecified atom stereocenters. The highest BCUT2D eigenvalue weighted by atomic mass is 16.6. The van der Waals surface area contributed by atoms with E-state index in [2.05, 4.69) is 9.13 Å². The molecule has 2 aromatic carbocycles. The third kappa shape index (κ3) is 14.1. The first-order chi connectivity index (χ1) is 23.4. The second-order valence-corrected chi connectivity index (χ2v) is 10.6. The number of carbonyl (C=O) groups is 2. The van der Waals surface area contributed by atoms with Crippen molar-refractivity contribution in [1.82, 2.24) is 9.13 Å². The highest BCUT2D eigenvalue weighted by Gasteiger charge is 2.21. The zero-order valence-corrected chi connectivity index (χ0v) is 28.6. The number of benzene rings is 2. The van der Waals surface area contributed by atoms with Gasteiger partial charge in [0.05, 0.1) is 26.3 Å². The van der Waals surface area contributed by atoms with E-state index in [0.29, 0.717) is 52.5 Å². The van der Waals surface area contributed by atoms with Crippen LogP contribution >= 0.6 is 0 Å². The molecule has 4 aromatic rings. The van der Waals surface area contributed by atoms with Crippen molar-refractivity contribution in [3.8, 4) is 11.5 Å². The second-order valence-electron chi connectivity index (χ2n) is 10.6. The summed E-state index contributed by atoms with van der Waals surface area (Å²) >= 11 is 0. The van der Waals surface area contributed by atoms with Crippen molar-refractivity contribution in [3.63, 3.8) is 0 Å². The lowest BCUT2D eigenvalue weighted by Crippen LogP contribution is -2.28. The van der Waals surface area contributed by atoms with Crippen molar-refractivity contribution in [2.45, 2.75) is 65.8 Å². The molecule has 0 fully saturated rings. The van der Waals surface area contributed by atoms with Crippen LogP contribution in [0.3, 0.4) is 0 Å². The van der Waals surface area contributed by atoms with E-state index in [1.165, 1.54) is 0 Å². The van der Waals surface area contributed by atoms with Gasteiger partial charge in [-0.3, -0.25) is 0 Å². The number of carbonyl (C=O) groups excluding carboxylic acids is 2. The fourth-order valence-electron chi connectivity index (χ4n) is 4.74. The summed E-state index contributed by atoms with van der Waals surface area (Å²) in [6, 6.07) is 23.5. The molecule has 10 nitrogen and oxygen atoms in total. The lowest BCUT2D eigenvalue weighted by atomic mass is 10.1. The third-order valence-corrected chi connectivity index (χ3v) is 7.09. The van der Waals surface area contributed by atoms with Gasteiger partial charge in [0.2, 0.25) is 0 Å². The first-order valence-corrected chi connectivity index (χ1v) is 16.7. The average molecular weight is 663 g/mol. The van der Waals surface area contributed by atoms with Crippen molar-refractivity contribution in [1.29, 1.82) is 0 Å². The molecular weight excluding hydrogens is 612 g/mol. The predicted octanol–water partition coefficient (Wildman–Crippen LogP) is 6.16. The van der Waals surface area contributed by atoms with Crippen LogP contribution in [-0.2, 0) is 54.5 Å². The van der Waals surface area contributed by atoms with Gasteiger partial charge in [0.15, 0.2) is 12.2 Å². The minimum absolute atomic E-state index is 0.314. The van der Waals surface area contributed by atoms with Crippen LogP contribution < -0.4 is 9.47 Å². The zero-order valence-electron chi connectivity index (χ0n) is 28.6. The van der Waals surface area contributed by atoms with Gasteiger partial charge < -0.3 is 37.6 Å². The maximum atomic E-state index is 11.9. The van der Waals surface area contributed by atoms with Gasteiger partial charge in [0, 0.05) is 50.8 Å². The molecule has 0 bridgehead atoms. The van der Waals surface area contributed by atoms with Gasteiger partial charge >= 0.3 is 11.9 Å². The number of ether oxygens (including phenoxy) is 6. The van der Waals surface area contributed by atoms with Crippen molar-refractivity contribution >= 4 is 11.9 Å². The summed E-state index contributed by atoms with van der Waals surface area (Å²) in [6.07, 6.45) is 7.91. The molecule has 0 spiro atoms. The van der Waals surface area contributed by atoms with Crippen molar-refractivity contribution in [2.24, 2.45) is 0 Å². The standard InChI is InChI=1S/2C19H25NO4/c2*1-3-22-18(19(21)23-4-2)15-16-7-9-17(10-8-16)24-14-13-20-11-5-6-12-20/h2*5-12,18H,3-4,13-15H2,1-2H3. The molecule has 0 amide bonds. The summed E-state index contributed by atoms with van der Waals surface area (Å²) in [6.45, 7) is 11.8. The van der Waals surface area contributed by atoms with E-state index in [-0.39, 0.29) is 11.9 Å². The Hall–Kier alpha value is -4.54. The molecule has 260 valence electrons. The predicted molar refractivity (Wildman–Crippen MR) is 184 cm³/mol. The highest BCUT2D eigenvalue weighted by Crippen LogP contribution is 2.16. The average Bonchev–Trinajstić information content (AvgIpc) is 3.82. The largest absolute Gasteiger partial charge is 0.492 e. The van der Waals surface area contributed by atoms with E-state index < -0.39 is 12.2 Å². The quantitative estimate of drug-likeness (QED) is 0.104.